The highest BCUT2D eigenvalue weighted by Crippen LogP contribution is 2.38. The van der Waals surface area contributed by atoms with E-state index in [0.29, 0.717) is 46.2 Å². The van der Waals surface area contributed by atoms with Crippen LogP contribution in [-0.2, 0) is 6.42 Å². The Kier molecular flexibility index (Phi) is 4.60. The van der Waals surface area contributed by atoms with Crippen LogP contribution in [0.3, 0.4) is 0 Å². The molecule has 0 N–H and O–H groups in total. The number of benzene rings is 1. The third-order valence-electron chi connectivity index (χ3n) is 3.96. The first-order valence-electron chi connectivity index (χ1n) is 7.49. The van der Waals surface area contributed by atoms with Gasteiger partial charge in [0, 0.05) is 41.5 Å². The predicted octanol–water partition coefficient (Wildman–Crippen LogP) is 3.88. The Morgan fingerprint density at radius 3 is 2.61 bits per heavy atom. The number of amides is 1. The van der Waals surface area contributed by atoms with Crippen LogP contribution >= 0.6 is 23.2 Å². The highest BCUT2D eigenvalue weighted by atomic mass is 35.5. The number of nitrogens with zero attached hydrogens (tertiary/aromatic N) is 3. The zero-order valence-corrected chi connectivity index (χ0v) is 14.5. The van der Waals surface area contributed by atoms with E-state index in [-0.39, 0.29) is 5.91 Å². The second-order valence-electron chi connectivity index (χ2n) is 5.86. The standard InChI is InChI=1S/C16H17Cl2N3O2/c1-9-12(17)7-11(8-13(9)18)16(22)21(2)6-5-14-19-15(23-20-14)10-3-4-10/h7-8,10H,3-6H2,1-2H3. The summed E-state index contributed by atoms with van der Waals surface area (Å²) in [5.74, 6) is 1.64. The smallest absolute Gasteiger partial charge is 0.253 e. The Balaban J connectivity index is 1.62. The van der Waals surface area contributed by atoms with Gasteiger partial charge in [-0.3, -0.25) is 4.79 Å². The van der Waals surface area contributed by atoms with Gasteiger partial charge in [0.05, 0.1) is 0 Å². The summed E-state index contributed by atoms with van der Waals surface area (Å²) in [5.41, 5.74) is 1.24. The van der Waals surface area contributed by atoms with E-state index >= 15 is 0 Å². The molecule has 1 amide bonds. The predicted molar refractivity (Wildman–Crippen MR) is 88.1 cm³/mol. The van der Waals surface area contributed by atoms with Gasteiger partial charge in [-0.15, -0.1) is 0 Å². The van der Waals surface area contributed by atoms with Crippen LogP contribution in [0.15, 0.2) is 16.7 Å². The number of carbonyl (C=O) groups excluding carboxylic acids is 1. The highest BCUT2D eigenvalue weighted by molar-refractivity contribution is 6.36. The zero-order valence-electron chi connectivity index (χ0n) is 13.0. The minimum Gasteiger partial charge on any atom is -0.341 e. The molecule has 0 unspecified atom stereocenters. The molecule has 3 rings (SSSR count). The molecule has 1 saturated carbocycles. The largest absolute Gasteiger partial charge is 0.341 e. The van der Waals surface area contributed by atoms with Crippen LogP contribution in [0.5, 0.6) is 0 Å². The van der Waals surface area contributed by atoms with Gasteiger partial charge in [0.15, 0.2) is 5.82 Å². The summed E-state index contributed by atoms with van der Waals surface area (Å²) in [4.78, 5) is 18.4. The van der Waals surface area contributed by atoms with Crippen molar-refractivity contribution in [2.24, 2.45) is 0 Å². The summed E-state index contributed by atoms with van der Waals surface area (Å²) in [6.07, 6.45) is 2.79. The summed E-state index contributed by atoms with van der Waals surface area (Å²) >= 11 is 12.2. The third-order valence-corrected chi connectivity index (χ3v) is 4.74. The summed E-state index contributed by atoms with van der Waals surface area (Å²) < 4.78 is 5.21. The van der Waals surface area contributed by atoms with Crippen molar-refractivity contribution < 1.29 is 9.32 Å². The lowest BCUT2D eigenvalue weighted by Crippen LogP contribution is -2.29. The quantitative estimate of drug-likeness (QED) is 0.818. The second kappa shape index (κ2) is 6.49. The molecule has 1 aliphatic carbocycles. The van der Waals surface area contributed by atoms with Crippen LogP contribution in [0.25, 0.3) is 0 Å². The summed E-state index contributed by atoms with van der Waals surface area (Å²) in [7, 11) is 1.73. The van der Waals surface area contributed by atoms with Crippen molar-refractivity contribution in [2.75, 3.05) is 13.6 Å². The van der Waals surface area contributed by atoms with Gasteiger partial charge in [-0.2, -0.15) is 4.98 Å². The molecule has 1 heterocycles. The SMILES string of the molecule is Cc1c(Cl)cc(C(=O)N(C)CCc2noc(C3CC3)n2)cc1Cl. The Morgan fingerprint density at radius 2 is 2.00 bits per heavy atom. The van der Waals surface area contributed by atoms with E-state index in [1.165, 1.54) is 0 Å². The van der Waals surface area contributed by atoms with E-state index in [1.54, 1.807) is 24.1 Å². The van der Waals surface area contributed by atoms with E-state index in [1.807, 2.05) is 6.92 Å². The molecule has 1 aliphatic rings. The number of hydrogen-bond donors (Lipinski definition) is 0. The van der Waals surface area contributed by atoms with Gasteiger partial charge in [0.1, 0.15) is 0 Å². The lowest BCUT2D eigenvalue weighted by molar-refractivity contribution is 0.0796. The first-order chi connectivity index (χ1) is 11.0. The number of carbonyl (C=O) groups is 1. The number of halogens is 2. The lowest BCUT2D eigenvalue weighted by atomic mass is 10.1. The molecule has 2 aromatic rings. The maximum atomic E-state index is 12.4. The van der Waals surface area contributed by atoms with Crippen molar-refractivity contribution in [3.63, 3.8) is 0 Å². The molecule has 7 heteroatoms. The topological polar surface area (TPSA) is 59.2 Å². The zero-order chi connectivity index (χ0) is 16.6. The van der Waals surface area contributed by atoms with E-state index in [0.717, 1.165) is 18.4 Å². The molecular weight excluding hydrogens is 337 g/mol. The van der Waals surface area contributed by atoms with Gasteiger partial charge < -0.3 is 9.42 Å². The Hall–Kier alpha value is -1.59. The van der Waals surface area contributed by atoms with Gasteiger partial charge in [0.2, 0.25) is 5.89 Å². The molecule has 5 nitrogen and oxygen atoms in total. The summed E-state index contributed by atoms with van der Waals surface area (Å²) in [5, 5.41) is 4.93. The molecular formula is C16H17Cl2N3O2. The van der Waals surface area contributed by atoms with E-state index in [2.05, 4.69) is 10.1 Å². The molecule has 1 aromatic heterocycles. The Labute approximate surface area is 144 Å². The van der Waals surface area contributed by atoms with Gasteiger partial charge in [-0.1, -0.05) is 28.4 Å². The van der Waals surface area contributed by atoms with Crippen molar-refractivity contribution in [3.05, 3.63) is 45.0 Å². The van der Waals surface area contributed by atoms with Crippen LogP contribution < -0.4 is 0 Å². The molecule has 0 spiro atoms. The Morgan fingerprint density at radius 1 is 1.35 bits per heavy atom. The maximum Gasteiger partial charge on any atom is 0.253 e. The van der Waals surface area contributed by atoms with Crippen LogP contribution in [0.1, 0.15) is 46.4 Å². The fourth-order valence-corrected chi connectivity index (χ4v) is 2.71. The fourth-order valence-electron chi connectivity index (χ4n) is 2.22. The maximum absolute atomic E-state index is 12.4. The van der Waals surface area contributed by atoms with E-state index < -0.39 is 0 Å². The van der Waals surface area contributed by atoms with E-state index in [4.69, 9.17) is 27.7 Å². The van der Waals surface area contributed by atoms with Crippen molar-refractivity contribution in [3.8, 4) is 0 Å². The molecule has 0 bridgehead atoms. The van der Waals surface area contributed by atoms with Gasteiger partial charge in [-0.25, -0.2) is 0 Å². The van der Waals surface area contributed by atoms with E-state index in [9.17, 15) is 4.79 Å². The van der Waals surface area contributed by atoms with Crippen LogP contribution in [-0.4, -0.2) is 34.5 Å². The van der Waals surface area contributed by atoms with Crippen molar-refractivity contribution >= 4 is 29.1 Å². The molecule has 1 aromatic carbocycles. The van der Waals surface area contributed by atoms with Gasteiger partial charge in [0.25, 0.3) is 5.91 Å². The second-order valence-corrected chi connectivity index (χ2v) is 6.68. The first-order valence-corrected chi connectivity index (χ1v) is 8.25. The average molecular weight is 354 g/mol. The molecule has 0 saturated heterocycles. The minimum atomic E-state index is -0.139. The summed E-state index contributed by atoms with van der Waals surface area (Å²) in [6.45, 7) is 2.31. The van der Waals surface area contributed by atoms with Crippen LogP contribution in [0.4, 0.5) is 0 Å². The average Bonchev–Trinajstić information content (AvgIpc) is 3.27. The monoisotopic (exact) mass is 353 g/mol. The number of aromatic nitrogens is 2. The molecule has 0 radical (unpaired) electrons. The summed E-state index contributed by atoms with van der Waals surface area (Å²) in [6, 6.07) is 3.28. The molecule has 0 atom stereocenters. The fraction of sp³-hybridized carbons (Fsp3) is 0.438. The molecule has 122 valence electrons. The number of rotatable bonds is 5. The van der Waals surface area contributed by atoms with Crippen molar-refractivity contribution in [1.29, 1.82) is 0 Å². The van der Waals surface area contributed by atoms with Crippen molar-refractivity contribution in [1.82, 2.24) is 15.0 Å². The first kappa shape index (κ1) is 16.3. The number of likely N-dealkylation sites (N-methyl/N-ethyl adjacent to an activating group) is 1. The molecule has 1 fully saturated rings. The minimum absolute atomic E-state index is 0.139. The Bertz CT molecular complexity index is 718. The van der Waals surface area contributed by atoms with Gasteiger partial charge >= 0.3 is 0 Å². The third kappa shape index (κ3) is 3.67. The van der Waals surface area contributed by atoms with Crippen LogP contribution in [0, 0.1) is 6.92 Å². The van der Waals surface area contributed by atoms with Crippen molar-refractivity contribution in [2.45, 2.75) is 32.1 Å². The molecule has 23 heavy (non-hydrogen) atoms. The lowest BCUT2D eigenvalue weighted by Gasteiger charge is -2.17. The highest BCUT2D eigenvalue weighted by Gasteiger charge is 2.29. The van der Waals surface area contributed by atoms with Gasteiger partial charge in [-0.05, 0) is 37.5 Å². The number of hydrogen-bond acceptors (Lipinski definition) is 4. The normalized spacial score (nSPS) is 14.1. The molecule has 0 aliphatic heterocycles. The van der Waals surface area contributed by atoms with Crippen LogP contribution in [0.2, 0.25) is 10.0 Å².